The van der Waals surface area contributed by atoms with Gasteiger partial charge in [0.05, 0.1) is 0 Å². The van der Waals surface area contributed by atoms with E-state index in [9.17, 15) is 0 Å². The summed E-state index contributed by atoms with van der Waals surface area (Å²) in [5.41, 5.74) is 0. The third-order valence-corrected chi connectivity index (χ3v) is 53.7. The molecule has 1 fully saturated rings. The molecule has 130 valence electrons. The maximum absolute atomic E-state index is 2.73. The predicted molar refractivity (Wildman–Crippen MR) is 120 cm³/mol. The second-order valence-corrected chi connectivity index (χ2v) is 41.9. The van der Waals surface area contributed by atoms with Crippen LogP contribution in [0.2, 0.25) is 87.1 Å². The Balaban J connectivity index is 3.73. The summed E-state index contributed by atoms with van der Waals surface area (Å²) in [5.74, 6) is -0.325. The van der Waals surface area contributed by atoms with Crippen molar-refractivity contribution in [1.82, 2.24) is 0 Å². The van der Waals surface area contributed by atoms with Crippen molar-refractivity contribution in [3.63, 3.8) is 0 Å². The van der Waals surface area contributed by atoms with Crippen molar-refractivity contribution in [2.45, 2.75) is 100.0 Å². The summed E-state index contributed by atoms with van der Waals surface area (Å²) in [6, 6.07) is 0. The molecule has 1 heterocycles. The molecule has 1 aliphatic rings. The normalized spacial score (nSPS) is 23.0. The van der Waals surface area contributed by atoms with Gasteiger partial charge in [-0.25, -0.2) is 0 Å². The van der Waals surface area contributed by atoms with Crippen LogP contribution in [0.15, 0.2) is 0 Å². The average Bonchev–Trinajstić information content (AvgIpc) is 2.49. The minimum atomic E-state index is -1.17. The molecular weight excluding hydrogens is 460 g/mol. The fourth-order valence-corrected chi connectivity index (χ4v) is 77.2. The van der Waals surface area contributed by atoms with Gasteiger partial charge in [0.2, 0.25) is 0 Å². The maximum atomic E-state index is 2.73. The van der Waals surface area contributed by atoms with E-state index in [1.54, 1.807) is 12.8 Å². The Morgan fingerprint density at radius 3 is 0.818 bits per heavy atom. The second-order valence-electron chi connectivity index (χ2n) is 11.6. The Morgan fingerprint density at radius 1 is 0.545 bits per heavy atom. The van der Waals surface area contributed by atoms with Crippen LogP contribution in [-0.4, -0.2) is 59.1 Å². The summed E-state index contributed by atoms with van der Waals surface area (Å²) in [5, 5.41) is 0. The van der Waals surface area contributed by atoms with E-state index < -0.39 is 32.3 Å². The molecule has 0 aromatic carbocycles. The van der Waals surface area contributed by atoms with E-state index in [1.807, 2.05) is 0 Å². The monoisotopic (exact) mass is 502 g/mol. The SMILES string of the molecule is C[Si](C)(C)C1([Si](C)(C)C)CCC([Si](C)(C)C)([Si](C)(C)C)[Si]1=[Te]. The van der Waals surface area contributed by atoms with Crippen LogP contribution in [-0.2, 0) is 0 Å². The Kier molecular flexibility index (Phi) is 5.93. The van der Waals surface area contributed by atoms with Gasteiger partial charge in [-0.1, -0.05) is 0 Å². The van der Waals surface area contributed by atoms with Crippen LogP contribution in [0.4, 0.5) is 0 Å². The summed E-state index contributed by atoms with van der Waals surface area (Å²) in [4.78, 5) is 0. The van der Waals surface area contributed by atoms with Crippen LogP contribution in [0.25, 0.3) is 0 Å². The van der Waals surface area contributed by atoms with Crippen molar-refractivity contribution in [2.75, 3.05) is 0 Å². The fourth-order valence-electron chi connectivity index (χ4n) is 6.08. The van der Waals surface area contributed by atoms with Gasteiger partial charge >= 0.3 is 159 Å². The van der Waals surface area contributed by atoms with Gasteiger partial charge in [-0.05, 0) is 0 Å². The molecule has 0 spiro atoms. The van der Waals surface area contributed by atoms with E-state index in [0.29, 0.717) is 0 Å². The molecule has 0 amide bonds. The van der Waals surface area contributed by atoms with Crippen LogP contribution in [0, 0.1) is 0 Å². The van der Waals surface area contributed by atoms with E-state index in [2.05, 4.69) is 99.5 Å². The fraction of sp³-hybridized carbons (Fsp3) is 1.00. The van der Waals surface area contributed by atoms with Gasteiger partial charge in [-0.2, -0.15) is 0 Å². The molecule has 0 unspecified atom stereocenters. The Labute approximate surface area is 158 Å². The molecule has 0 N–H and O–H groups in total. The zero-order chi connectivity index (χ0) is 18.0. The molecule has 0 aromatic rings. The molecule has 0 saturated carbocycles. The van der Waals surface area contributed by atoms with Gasteiger partial charge in [-0.15, -0.1) is 0 Å². The first-order valence-corrected chi connectivity index (χ1v) is 27.8. The van der Waals surface area contributed by atoms with Crippen molar-refractivity contribution in [1.29, 1.82) is 0 Å². The Hall–Kier alpha value is 1.87. The van der Waals surface area contributed by atoms with Crippen LogP contribution in [0.5, 0.6) is 0 Å². The summed E-state index contributed by atoms with van der Waals surface area (Å²) < 4.78 is 1.66. The molecule has 0 aromatic heterocycles. The molecule has 1 saturated heterocycles. The minimum absolute atomic E-state index is 0.325. The molecule has 0 bridgehead atoms. The molecule has 1 rings (SSSR count). The summed E-state index contributed by atoms with van der Waals surface area (Å²) in [6.07, 6.45) is 3.20. The van der Waals surface area contributed by atoms with Gasteiger partial charge in [0.15, 0.2) is 0 Å². The van der Waals surface area contributed by atoms with Gasteiger partial charge < -0.3 is 0 Å². The van der Waals surface area contributed by atoms with E-state index in [1.165, 1.54) is 0 Å². The topological polar surface area (TPSA) is 0 Å². The average molecular weight is 501 g/mol. The zero-order valence-corrected chi connectivity index (χ0v) is 24.7. The van der Waals surface area contributed by atoms with E-state index >= 15 is 0 Å². The van der Waals surface area contributed by atoms with E-state index in [0.717, 1.165) is 8.57 Å². The van der Waals surface area contributed by atoms with E-state index in [-0.39, 0.29) is 5.86 Å². The standard InChI is InChI=1S/C16H40Si5Te/c1-18(2,3)15(19(4,5)6)13-14-16(17(15)22,20(7,8)9)21(10,11)12/h13-14H2,1-12H3. The van der Waals surface area contributed by atoms with Gasteiger partial charge in [0.25, 0.3) is 0 Å². The van der Waals surface area contributed by atoms with E-state index in [4.69, 9.17) is 0 Å². The van der Waals surface area contributed by atoms with Gasteiger partial charge in [0, 0.05) is 0 Å². The molecule has 0 radical (unpaired) electrons. The van der Waals surface area contributed by atoms with Crippen molar-refractivity contribution in [2.24, 2.45) is 0 Å². The van der Waals surface area contributed by atoms with Gasteiger partial charge in [-0.3, -0.25) is 0 Å². The zero-order valence-electron chi connectivity index (χ0n) is 17.3. The van der Waals surface area contributed by atoms with Crippen molar-refractivity contribution in [3.05, 3.63) is 0 Å². The van der Waals surface area contributed by atoms with Crippen LogP contribution in [0.3, 0.4) is 0 Å². The second kappa shape index (κ2) is 5.95. The third kappa shape index (κ3) is 2.95. The van der Waals surface area contributed by atoms with Gasteiger partial charge in [0.1, 0.15) is 0 Å². The molecule has 22 heavy (non-hydrogen) atoms. The van der Waals surface area contributed by atoms with Crippen LogP contribution in [0.1, 0.15) is 12.8 Å². The molecule has 0 nitrogen and oxygen atoms in total. The first-order valence-electron chi connectivity index (χ1n) is 8.91. The summed E-state index contributed by atoms with van der Waals surface area (Å²) >= 11 is 2.73. The first kappa shape index (κ1) is 21.9. The summed E-state index contributed by atoms with van der Waals surface area (Å²) in [6.45, 7) is 32.6. The van der Waals surface area contributed by atoms with Crippen molar-refractivity contribution >= 4 is 59.1 Å². The number of rotatable bonds is 4. The number of hydrogen-bond acceptors (Lipinski definition) is 0. The Morgan fingerprint density at radius 2 is 0.727 bits per heavy atom. The Bertz CT molecular complexity index is 387. The molecule has 0 aliphatic carbocycles. The molecule has 0 atom stereocenters. The number of hydrogen-bond donors (Lipinski definition) is 0. The quantitative estimate of drug-likeness (QED) is 0.420. The van der Waals surface area contributed by atoms with Crippen molar-refractivity contribution < 1.29 is 0 Å². The first-order chi connectivity index (χ1) is 9.36. The molecular formula is C16H40Si5Te. The third-order valence-electron chi connectivity index (χ3n) is 6.77. The summed E-state index contributed by atoms with van der Waals surface area (Å²) in [7, 11) is -4.66. The van der Waals surface area contributed by atoms with Crippen LogP contribution < -0.4 is 0 Å². The van der Waals surface area contributed by atoms with Crippen molar-refractivity contribution in [3.8, 4) is 0 Å². The molecule has 6 heteroatoms. The van der Waals surface area contributed by atoms with Crippen LogP contribution >= 0.6 is 0 Å². The molecule has 1 aliphatic heterocycles. The predicted octanol–water partition coefficient (Wildman–Crippen LogP) is 5.93.